The van der Waals surface area contributed by atoms with Crippen molar-refractivity contribution >= 4 is 16.7 Å². The van der Waals surface area contributed by atoms with Gasteiger partial charge in [-0.3, -0.25) is 9.59 Å². The third-order valence-electron chi connectivity index (χ3n) is 4.41. The number of benzene rings is 3. The molecule has 1 heterocycles. The maximum atomic E-state index is 13.3. The molecule has 4 aromatic rings. The molecule has 4 nitrogen and oxygen atoms in total. The molecule has 0 aliphatic rings. The lowest BCUT2D eigenvalue weighted by atomic mass is 9.96. The van der Waals surface area contributed by atoms with E-state index in [1.165, 1.54) is 6.33 Å². The molecule has 0 radical (unpaired) electrons. The van der Waals surface area contributed by atoms with Gasteiger partial charge in [-0.25, -0.2) is 0 Å². The first-order valence-electron chi connectivity index (χ1n) is 8.36. The molecular weight excluding hydrogens is 324 g/mol. The molecule has 4 heteroatoms. The minimum atomic E-state index is -0.600. The molecule has 3 aromatic carbocycles. The highest BCUT2D eigenvalue weighted by Crippen LogP contribution is 2.26. The van der Waals surface area contributed by atoms with Crippen LogP contribution in [0.5, 0.6) is 0 Å². The van der Waals surface area contributed by atoms with Gasteiger partial charge in [-0.1, -0.05) is 72.8 Å². The molecule has 0 aliphatic carbocycles. The fraction of sp³-hybridized carbons (Fsp3) is 0.0455. The van der Waals surface area contributed by atoms with Crippen molar-refractivity contribution < 1.29 is 4.79 Å². The van der Waals surface area contributed by atoms with Gasteiger partial charge in [-0.05, 0) is 17.7 Å². The van der Waals surface area contributed by atoms with E-state index in [0.717, 1.165) is 5.56 Å². The molecule has 0 bridgehead atoms. The van der Waals surface area contributed by atoms with Crippen LogP contribution in [0.3, 0.4) is 0 Å². The minimum absolute atomic E-state index is 0.0487. The van der Waals surface area contributed by atoms with Crippen LogP contribution in [0.15, 0.2) is 96.1 Å². The SMILES string of the molecule is O=C(c1ccccc1)[C@@H](c1ccccc1)n1cnc(=O)c2ccccc21. The van der Waals surface area contributed by atoms with Crippen molar-refractivity contribution in [1.82, 2.24) is 9.55 Å². The first-order valence-corrected chi connectivity index (χ1v) is 8.36. The smallest absolute Gasteiger partial charge is 0.280 e. The Morgan fingerprint density at radius 2 is 1.42 bits per heavy atom. The average molecular weight is 340 g/mol. The number of fused-ring (bicyclic) bond motifs is 1. The predicted octanol–water partition coefficient (Wildman–Crippen LogP) is 3.87. The van der Waals surface area contributed by atoms with Crippen LogP contribution >= 0.6 is 0 Å². The Morgan fingerprint density at radius 3 is 2.15 bits per heavy atom. The summed E-state index contributed by atoms with van der Waals surface area (Å²) in [6.45, 7) is 0. The lowest BCUT2D eigenvalue weighted by Crippen LogP contribution is -2.24. The average Bonchev–Trinajstić information content (AvgIpc) is 2.71. The molecule has 0 amide bonds. The normalized spacial score (nSPS) is 12.0. The number of carbonyl (C=O) groups excluding carboxylic acids is 1. The van der Waals surface area contributed by atoms with E-state index in [2.05, 4.69) is 4.98 Å². The summed E-state index contributed by atoms with van der Waals surface area (Å²) in [6.07, 6.45) is 1.46. The van der Waals surface area contributed by atoms with Crippen LogP contribution in [0.25, 0.3) is 10.9 Å². The second-order valence-corrected chi connectivity index (χ2v) is 6.02. The topological polar surface area (TPSA) is 52.0 Å². The van der Waals surface area contributed by atoms with Crippen molar-refractivity contribution in [3.8, 4) is 0 Å². The molecule has 126 valence electrons. The van der Waals surface area contributed by atoms with Gasteiger partial charge >= 0.3 is 0 Å². The van der Waals surface area contributed by atoms with Gasteiger partial charge in [0.15, 0.2) is 5.78 Å². The van der Waals surface area contributed by atoms with Gasteiger partial charge in [0.05, 0.1) is 10.9 Å². The number of hydrogen-bond acceptors (Lipinski definition) is 3. The van der Waals surface area contributed by atoms with Crippen molar-refractivity contribution in [3.05, 3.63) is 113 Å². The molecule has 26 heavy (non-hydrogen) atoms. The van der Waals surface area contributed by atoms with Crippen molar-refractivity contribution in [3.63, 3.8) is 0 Å². The summed E-state index contributed by atoms with van der Waals surface area (Å²) in [7, 11) is 0. The van der Waals surface area contributed by atoms with Gasteiger partial charge in [0, 0.05) is 5.56 Å². The highest BCUT2D eigenvalue weighted by atomic mass is 16.1. The molecule has 0 saturated carbocycles. The van der Waals surface area contributed by atoms with Gasteiger partial charge in [0.2, 0.25) is 0 Å². The summed E-state index contributed by atoms with van der Waals surface area (Å²) in [4.78, 5) is 29.5. The first kappa shape index (κ1) is 16.0. The van der Waals surface area contributed by atoms with Crippen LogP contribution in [0.4, 0.5) is 0 Å². The molecule has 0 N–H and O–H groups in total. The fourth-order valence-corrected chi connectivity index (χ4v) is 3.17. The maximum absolute atomic E-state index is 13.3. The molecular formula is C22H16N2O2. The van der Waals surface area contributed by atoms with Crippen LogP contribution in [-0.2, 0) is 0 Å². The molecule has 0 unspecified atom stereocenters. The zero-order valence-electron chi connectivity index (χ0n) is 13.9. The minimum Gasteiger partial charge on any atom is -0.316 e. The summed E-state index contributed by atoms with van der Waals surface area (Å²) in [5.41, 5.74) is 1.85. The molecule has 0 saturated heterocycles. The highest BCUT2D eigenvalue weighted by Gasteiger charge is 2.25. The summed E-state index contributed by atoms with van der Waals surface area (Å²) in [5, 5.41) is 0.497. The van der Waals surface area contributed by atoms with Crippen LogP contribution < -0.4 is 5.56 Å². The lowest BCUT2D eigenvalue weighted by Gasteiger charge is -2.21. The Bertz CT molecular complexity index is 1120. The second kappa shape index (κ2) is 6.76. The Hall–Kier alpha value is -3.53. The molecule has 1 atom stereocenters. The third-order valence-corrected chi connectivity index (χ3v) is 4.41. The fourth-order valence-electron chi connectivity index (χ4n) is 3.17. The third kappa shape index (κ3) is 2.82. The van der Waals surface area contributed by atoms with E-state index in [1.54, 1.807) is 28.8 Å². The lowest BCUT2D eigenvalue weighted by molar-refractivity contribution is 0.0947. The first-order chi connectivity index (χ1) is 12.8. The van der Waals surface area contributed by atoms with Crippen molar-refractivity contribution in [1.29, 1.82) is 0 Å². The Morgan fingerprint density at radius 1 is 0.808 bits per heavy atom. The zero-order chi connectivity index (χ0) is 17.9. The number of rotatable bonds is 4. The standard InChI is InChI=1S/C22H16N2O2/c25-21(17-11-5-2-6-12-17)20(16-9-3-1-4-10-16)24-15-23-22(26)18-13-7-8-14-19(18)24/h1-15,20H/t20-/m1/s1. The monoisotopic (exact) mass is 340 g/mol. The van der Waals surface area contributed by atoms with Crippen LogP contribution in [0.2, 0.25) is 0 Å². The summed E-state index contributed by atoms with van der Waals surface area (Å²) in [5.74, 6) is -0.0487. The Labute approximate surface area is 150 Å². The van der Waals surface area contributed by atoms with E-state index < -0.39 is 6.04 Å². The number of para-hydroxylation sites is 1. The van der Waals surface area contributed by atoms with Gasteiger partial charge in [0.1, 0.15) is 12.4 Å². The van der Waals surface area contributed by atoms with Gasteiger partial charge < -0.3 is 4.57 Å². The Balaban J connectivity index is 1.97. The summed E-state index contributed by atoms with van der Waals surface area (Å²) >= 11 is 0. The molecule has 1 aromatic heterocycles. The van der Waals surface area contributed by atoms with Gasteiger partial charge in [-0.15, -0.1) is 0 Å². The van der Waals surface area contributed by atoms with E-state index in [0.29, 0.717) is 16.5 Å². The Kier molecular flexibility index (Phi) is 4.15. The highest BCUT2D eigenvalue weighted by molar-refractivity contribution is 6.01. The number of aromatic nitrogens is 2. The van der Waals surface area contributed by atoms with E-state index in [-0.39, 0.29) is 11.3 Å². The molecule has 0 fully saturated rings. The summed E-state index contributed by atoms with van der Waals surface area (Å²) < 4.78 is 1.78. The number of nitrogens with zero attached hydrogens (tertiary/aromatic N) is 2. The van der Waals surface area contributed by atoms with Crippen molar-refractivity contribution in [2.24, 2.45) is 0 Å². The molecule has 0 aliphatic heterocycles. The predicted molar refractivity (Wildman–Crippen MR) is 101 cm³/mol. The maximum Gasteiger partial charge on any atom is 0.280 e. The van der Waals surface area contributed by atoms with Gasteiger partial charge in [0.25, 0.3) is 5.56 Å². The quantitative estimate of drug-likeness (QED) is 0.530. The van der Waals surface area contributed by atoms with E-state index in [4.69, 9.17) is 0 Å². The van der Waals surface area contributed by atoms with E-state index in [9.17, 15) is 9.59 Å². The van der Waals surface area contributed by atoms with E-state index in [1.807, 2.05) is 60.7 Å². The van der Waals surface area contributed by atoms with Crippen LogP contribution in [0.1, 0.15) is 22.0 Å². The van der Waals surface area contributed by atoms with Crippen molar-refractivity contribution in [2.75, 3.05) is 0 Å². The number of ketones is 1. The molecule has 0 spiro atoms. The summed E-state index contributed by atoms with van der Waals surface area (Å²) in [6, 6.07) is 25.3. The number of hydrogen-bond donors (Lipinski definition) is 0. The zero-order valence-corrected chi connectivity index (χ0v) is 13.9. The van der Waals surface area contributed by atoms with Crippen LogP contribution in [-0.4, -0.2) is 15.3 Å². The van der Waals surface area contributed by atoms with Crippen molar-refractivity contribution in [2.45, 2.75) is 6.04 Å². The van der Waals surface area contributed by atoms with E-state index >= 15 is 0 Å². The van der Waals surface area contributed by atoms with Gasteiger partial charge in [-0.2, -0.15) is 4.98 Å². The number of Topliss-reactive ketones (excluding diaryl/α,β-unsaturated/α-hetero) is 1. The van der Waals surface area contributed by atoms with Crippen LogP contribution in [0, 0.1) is 0 Å². The largest absolute Gasteiger partial charge is 0.316 e. The molecule has 4 rings (SSSR count). The second-order valence-electron chi connectivity index (χ2n) is 6.02. The number of carbonyl (C=O) groups is 1.